The Morgan fingerprint density at radius 2 is 1.84 bits per heavy atom. The first-order valence-corrected chi connectivity index (χ1v) is 13.2. The molecule has 0 bridgehead atoms. The van der Waals surface area contributed by atoms with E-state index in [1.165, 1.54) is 6.92 Å². The fourth-order valence-electron chi connectivity index (χ4n) is 9.54. The number of carbonyl (C=O) groups excluding carboxylic acids is 3. The molecule has 1 spiro atoms. The molecule has 37 heavy (non-hydrogen) atoms. The van der Waals surface area contributed by atoms with Crippen molar-refractivity contribution in [2.45, 2.75) is 103 Å². The van der Waals surface area contributed by atoms with Crippen molar-refractivity contribution in [3.8, 4) is 0 Å². The topological polar surface area (TPSA) is 125 Å². The monoisotopic (exact) mass is 516 g/mol. The molecule has 1 aromatic rings. The van der Waals surface area contributed by atoms with Crippen LogP contribution in [-0.4, -0.2) is 52.5 Å². The Labute approximate surface area is 216 Å². The quantitative estimate of drug-likeness (QED) is 0.357. The van der Waals surface area contributed by atoms with Crippen LogP contribution in [0.15, 0.2) is 23.0 Å². The number of ether oxygens (including phenoxy) is 4. The van der Waals surface area contributed by atoms with E-state index in [-0.39, 0.29) is 18.3 Å². The van der Waals surface area contributed by atoms with Crippen LogP contribution in [0.5, 0.6) is 0 Å². The van der Waals surface area contributed by atoms with Gasteiger partial charge in [0.15, 0.2) is 6.10 Å². The van der Waals surface area contributed by atoms with E-state index in [2.05, 4.69) is 13.8 Å². The van der Waals surface area contributed by atoms with E-state index in [0.29, 0.717) is 19.3 Å². The summed E-state index contributed by atoms with van der Waals surface area (Å²) in [7, 11) is 0. The van der Waals surface area contributed by atoms with E-state index < -0.39 is 69.8 Å². The summed E-state index contributed by atoms with van der Waals surface area (Å²) in [5.41, 5.74) is -3.37. The molecule has 0 radical (unpaired) electrons. The highest BCUT2D eigenvalue weighted by Gasteiger charge is 2.88. The van der Waals surface area contributed by atoms with Crippen LogP contribution in [0, 0.1) is 28.1 Å². The Morgan fingerprint density at radius 3 is 2.49 bits per heavy atom. The third kappa shape index (κ3) is 2.85. The average molecular weight is 517 g/mol. The highest BCUT2D eigenvalue weighted by atomic mass is 16.7. The molecular formula is C28H36O9. The third-order valence-corrected chi connectivity index (χ3v) is 11.0. The van der Waals surface area contributed by atoms with Crippen LogP contribution in [0.3, 0.4) is 0 Å². The van der Waals surface area contributed by atoms with Gasteiger partial charge in [-0.3, -0.25) is 9.59 Å². The number of hydrogen-bond donors (Lipinski definition) is 1. The minimum atomic E-state index is -0.990. The van der Waals surface area contributed by atoms with Crippen molar-refractivity contribution in [3.63, 3.8) is 0 Å². The molecule has 9 heteroatoms. The molecule has 3 aliphatic heterocycles. The number of aliphatic hydroxyl groups is 1. The van der Waals surface area contributed by atoms with Crippen LogP contribution >= 0.6 is 0 Å². The standard InChI is InChI=1S/C28H36O9/c1-14(29)34-19-12-20(31)36-24(2,3)17-11-18(30)27(6)16(26(17,19)5)7-9-25(4)21(15-8-10-33-13-15)35-23(32)22-28(25,27)37-22/h8,10,13,16-19,21-22,30H,7,9,11-12H2,1-6H3/t16-,17+,18+,19?,21+,22-,25+,26-,27+,28-/m1/s1. The fourth-order valence-corrected chi connectivity index (χ4v) is 9.54. The number of esters is 3. The normalized spacial score (nSPS) is 49.7. The summed E-state index contributed by atoms with van der Waals surface area (Å²) in [5, 5.41) is 12.0. The Balaban J connectivity index is 1.53. The van der Waals surface area contributed by atoms with Gasteiger partial charge < -0.3 is 28.5 Å². The minimum absolute atomic E-state index is 0.0626. The van der Waals surface area contributed by atoms with E-state index in [0.717, 1.165) is 5.56 Å². The van der Waals surface area contributed by atoms with Gasteiger partial charge in [-0.1, -0.05) is 20.8 Å². The maximum atomic E-state index is 13.2. The largest absolute Gasteiger partial charge is 0.472 e. The average Bonchev–Trinajstić information content (AvgIpc) is 3.38. The van der Waals surface area contributed by atoms with E-state index in [1.54, 1.807) is 18.6 Å². The first kappa shape index (κ1) is 24.9. The number of fused-ring (bicyclic) bond motifs is 3. The molecule has 5 aliphatic rings. The molecular weight excluding hydrogens is 480 g/mol. The van der Waals surface area contributed by atoms with Crippen molar-refractivity contribution in [2.24, 2.45) is 28.1 Å². The van der Waals surface area contributed by atoms with Crippen molar-refractivity contribution in [3.05, 3.63) is 24.2 Å². The molecule has 2 saturated carbocycles. The van der Waals surface area contributed by atoms with Crippen molar-refractivity contribution in [1.29, 1.82) is 0 Å². The molecule has 3 saturated heterocycles. The van der Waals surface area contributed by atoms with Gasteiger partial charge in [0.05, 0.1) is 25.1 Å². The van der Waals surface area contributed by atoms with Gasteiger partial charge >= 0.3 is 17.9 Å². The van der Waals surface area contributed by atoms with Crippen LogP contribution in [-0.2, 0) is 33.3 Å². The van der Waals surface area contributed by atoms with Crippen molar-refractivity contribution in [1.82, 2.24) is 0 Å². The lowest BCUT2D eigenvalue weighted by Gasteiger charge is -2.68. The van der Waals surface area contributed by atoms with Crippen LogP contribution < -0.4 is 0 Å². The maximum absolute atomic E-state index is 13.2. The zero-order chi connectivity index (χ0) is 26.8. The number of epoxide rings is 1. The summed E-state index contributed by atoms with van der Waals surface area (Å²) in [5.74, 6) is -1.86. The summed E-state index contributed by atoms with van der Waals surface area (Å²) < 4.78 is 29.5. The van der Waals surface area contributed by atoms with Crippen molar-refractivity contribution < 1.29 is 42.9 Å². The summed E-state index contributed by atoms with van der Waals surface area (Å²) in [6, 6.07) is 1.80. The van der Waals surface area contributed by atoms with Crippen LogP contribution in [0.25, 0.3) is 0 Å². The SMILES string of the molecule is CC(=O)OC1CC(=O)OC(C)(C)[C@@H]2C[C@H](O)[C@]3(C)[C@H](CC[C@@]4(C)[C@H](c5ccoc5)OC(=O)[C@H]5O[C@@]534)[C@@]12C. The zero-order valence-corrected chi connectivity index (χ0v) is 22.2. The molecule has 1 aromatic heterocycles. The van der Waals surface area contributed by atoms with Crippen molar-refractivity contribution in [2.75, 3.05) is 0 Å². The number of rotatable bonds is 2. The van der Waals surface area contributed by atoms with Crippen LogP contribution in [0.2, 0.25) is 0 Å². The van der Waals surface area contributed by atoms with E-state index in [4.69, 9.17) is 23.4 Å². The first-order chi connectivity index (χ1) is 17.2. The lowest BCUT2D eigenvalue weighted by atomic mass is 9.36. The molecule has 9 nitrogen and oxygen atoms in total. The lowest BCUT2D eigenvalue weighted by molar-refractivity contribution is -0.274. The zero-order valence-electron chi connectivity index (χ0n) is 22.2. The van der Waals surface area contributed by atoms with Gasteiger partial charge in [-0.05, 0) is 45.1 Å². The molecule has 4 heterocycles. The van der Waals surface area contributed by atoms with Gasteiger partial charge in [-0.25, -0.2) is 4.79 Å². The van der Waals surface area contributed by atoms with Gasteiger partial charge in [0.1, 0.15) is 23.4 Å². The molecule has 0 aromatic carbocycles. The van der Waals surface area contributed by atoms with Gasteiger partial charge in [-0.2, -0.15) is 0 Å². The second-order valence-corrected chi connectivity index (χ2v) is 12.9. The number of aliphatic hydroxyl groups excluding tert-OH is 1. The maximum Gasteiger partial charge on any atom is 0.339 e. The summed E-state index contributed by atoms with van der Waals surface area (Å²) in [4.78, 5) is 38.4. The summed E-state index contributed by atoms with van der Waals surface area (Å²) >= 11 is 0. The molecule has 6 rings (SSSR count). The second-order valence-electron chi connectivity index (χ2n) is 12.9. The number of furan rings is 1. The highest BCUT2D eigenvalue weighted by Crippen LogP contribution is 2.79. The minimum Gasteiger partial charge on any atom is -0.472 e. The molecule has 2 aliphatic carbocycles. The predicted octanol–water partition coefficient (Wildman–Crippen LogP) is 3.48. The van der Waals surface area contributed by atoms with E-state index in [9.17, 15) is 19.5 Å². The molecule has 5 fully saturated rings. The van der Waals surface area contributed by atoms with Gasteiger partial charge in [0.25, 0.3) is 0 Å². The van der Waals surface area contributed by atoms with E-state index >= 15 is 0 Å². The Bertz CT molecular complexity index is 1160. The Hall–Kier alpha value is -2.39. The molecule has 1 N–H and O–H groups in total. The Kier molecular flexibility index (Phi) is 4.97. The molecule has 10 atom stereocenters. The van der Waals surface area contributed by atoms with Gasteiger partial charge in [-0.15, -0.1) is 0 Å². The van der Waals surface area contributed by atoms with Gasteiger partial charge in [0, 0.05) is 34.7 Å². The highest BCUT2D eigenvalue weighted by molar-refractivity contribution is 5.82. The van der Waals surface area contributed by atoms with Gasteiger partial charge in [0.2, 0.25) is 0 Å². The number of hydrogen-bond acceptors (Lipinski definition) is 9. The fraction of sp³-hybridized carbons (Fsp3) is 0.750. The van der Waals surface area contributed by atoms with Crippen LogP contribution in [0.1, 0.15) is 78.9 Å². The second kappa shape index (κ2) is 7.38. The molecule has 1 unspecified atom stereocenters. The predicted molar refractivity (Wildman–Crippen MR) is 127 cm³/mol. The number of cyclic esters (lactones) is 2. The lowest BCUT2D eigenvalue weighted by Crippen LogP contribution is -2.73. The summed E-state index contributed by atoms with van der Waals surface area (Å²) in [6.07, 6.45) is 1.71. The van der Waals surface area contributed by atoms with Crippen molar-refractivity contribution >= 4 is 17.9 Å². The smallest absolute Gasteiger partial charge is 0.339 e. The number of carbonyl (C=O) groups is 3. The summed E-state index contributed by atoms with van der Waals surface area (Å²) in [6.45, 7) is 11.2. The third-order valence-electron chi connectivity index (χ3n) is 11.0. The first-order valence-electron chi connectivity index (χ1n) is 13.2. The molecule has 0 amide bonds. The van der Waals surface area contributed by atoms with Crippen LogP contribution in [0.4, 0.5) is 0 Å². The van der Waals surface area contributed by atoms with E-state index in [1.807, 2.05) is 20.8 Å². The Morgan fingerprint density at radius 1 is 1.11 bits per heavy atom. The molecule has 202 valence electrons.